The minimum atomic E-state index is -4.48. The molecule has 0 aliphatic carbocycles. The van der Waals surface area contributed by atoms with Gasteiger partial charge in [-0.2, -0.15) is 13.2 Å². The molecule has 7 heteroatoms. The second-order valence-corrected chi connectivity index (χ2v) is 4.97. The smallest absolute Gasteiger partial charge is 0.345 e. The molecule has 2 heterocycles. The van der Waals surface area contributed by atoms with E-state index in [1.807, 2.05) is 0 Å². The number of carbonyl (C=O) groups excluding carboxylic acids is 1. The number of hydrogen-bond acceptors (Lipinski definition) is 3. The van der Waals surface area contributed by atoms with E-state index in [-0.39, 0.29) is 19.5 Å². The second-order valence-electron chi connectivity index (χ2n) is 4.97. The van der Waals surface area contributed by atoms with E-state index in [1.54, 1.807) is 7.05 Å². The highest BCUT2D eigenvalue weighted by Gasteiger charge is 2.63. The largest absolute Gasteiger partial charge is 0.420 e. The van der Waals surface area contributed by atoms with E-state index in [0.717, 1.165) is 6.42 Å². The van der Waals surface area contributed by atoms with Gasteiger partial charge in [0.15, 0.2) is 5.66 Å². The van der Waals surface area contributed by atoms with Crippen LogP contribution in [-0.4, -0.2) is 49.3 Å². The monoisotopic (exact) mass is 265 g/mol. The van der Waals surface area contributed by atoms with E-state index in [9.17, 15) is 18.0 Å². The summed E-state index contributed by atoms with van der Waals surface area (Å²) < 4.78 is 40.0. The number of halogens is 3. The molecule has 2 saturated heterocycles. The summed E-state index contributed by atoms with van der Waals surface area (Å²) in [5.74, 6) is -1.50. The average molecular weight is 265 g/mol. The Labute approximate surface area is 104 Å². The van der Waals surface area contributed by atoms with Gasteiger partial charge in [0.2, 0.25) is 5.91 Å². The fourth-order valence-electron chi connectivity index (χ4n) is 2.83. The molecule has 2 aliphatic rings. The summed E-state index contributed by atoms with van der Waals surface area (Å²) in [6.45, 7) is 0.989. The third-order valence-corrected chi connectivity index (χ3v) is 3.81. The van der Waals surface area contributed by atoms with Crippen molar-refractivity contribution in [2.24, 2.45) is 5.92 Å². The van der Waals surface area contributed by atoms with E-state index in [4.69, 9.17) is 0 Å². The van der Waals surface area contributed by atoms with Gasteiger partial charge in [-0.05, 0) is 12.8 Å². The van der Waals surface area contributed by atoms with Crippen LogP contribution >= 0.6 is 0 Å². The van der Waals surface area contributed by atoms with E-state index >= 15 is 0 Å². The molecular formula is C11H18F3N3O. The molecular weight excluding hydrogens is 247 g/mol. The lowest BCUT2D eigenvalue weighted by atomic mass is 9.87. The lowest BCUT2D eigenvalue weighted by molar-refractivity contribution is -0.218. The normalized spacial score (nSPS) is 29.4. The molecule has 4 nitrogen and oxygen atoms in total. The first kappa shape index (κ1) is 13.6. The SMILES string of the molecule is CN1CCCCC(C2(C(F)(F)F)NCCN2)C1=O. The van der Waals surface area contributed by atoms with Crippen molar-refractivity contribution >= 4 is 5.91 Å². The average Bonchev–Trinajstić information content (AvgIpc) is 2.72. The third-order valence-electron chi connectivity index (χ3n) is 3.81. The van der Waals surface area contributed by atoms with Crippen molar-refractivity contribution in [3.63, 3.8) is 0 Å². The van der Waals surface area contributed by atoms with Crippen molar-refractivity contribution in [1.82, 2.24) is 15.5 Å². The van der Waals surface area contributed by atoms with Crippen molar-refractivity contribution in [3.05, 3.63) is 0 Å². The van der Waals surface area contributed by atoms with Crippen molar-refractivity contribution in [1.29, 1.82) is 0 Å². The molecule has 2 rings (SSSR count). The van der Waals surface area contributed by atoms with Crippen LogP contribution in [0.15, 0.2) is 0 Å². The molecule has 2 N–H and O–H groups in total. The lowest BCUT2D eigenvalue weighted by Gasteiger charge is -2.39. The van der Waals surface area contributed by atoms with Crippen LogP contribution in [0.4, 0.5) is 13.2 Å². The standard InChI is InChI=1S/C11H18F3N3O/c1-17-7-3-2-4-8(9(17)18)10(11(12,13)14)15-5-6-16-10/h8,15-16H,2-7H2,1H3. The molecule has 0 radical (unpaired) electrons. The number of carbonyl (C=O) groups is 1. The van der Waals surface area contributed by atoms with Gasteiger partial charge in [-0.3, -0.25) is 15.4 Å². The van der Waals surface area contributed by atoms with Crippen molar-refractivity contribution in [2.45, 2.75) is 31.1 Å². The van der Waals surface area contributed by atoms with Crippen molar-refractivity contribution < 1.29 is 18.0 Å². The van der Waals surface area contributed by atoms with Gasteiger partial charge in [0.1, 0.15) is 0 Å². The molecule has 1 atom stereocenters. The van der Waals surface area contributed by atoms with Crippen LogP contribution in [-0.2, 0) is 4.79 Å². The van der Waals surface area contributed by atoms with Gasteiger partial charge in [-0.25, -0.2) is 0 Å². The zero-order valence-electron chi connectivity index (χ0n) is 10.3. The van der Waals surface area contributed by atoms with Crippen LogP contribution in [0.1, 0.15) is 19.3 Å². The summed E-state index contributed by atoms with van der Waals surface area (Å²) in [5.41, 5.74) is -2.25. The third kappa shape index (κ3) is 2.09. The molecule has 104 valence electrons. The van der Waals surface area contributed by atoms with Gasteiger partial charge in [0.05, 0.1) is 5.92 Å². The van der Waals surface area contributed by atoms with Gasteiger partial charge in [-0.1, -0.05) is 6.42 Å². The zero-order chi connectivity index (χ0) is 13.4. The summed E-state index contributed by atoms with van der Waals surface area (Å²) in [6, 6.07) is 0. The summed E-state index contributed by atoms with van der Waals surface area (Å²) >= 11 is 0. The van der Waals surface area contributed by atoms with Crippen molar-refractivity contribution in [2.75, 3.05) is 26.7 Å². The minimum absolute atomic E-state index is 0.229. The number of rotatable bonds is 1. The number of nitrogens with zero attached hydrogens (tertiary/aromatic N) is 1. The van der Waals surface area contributed by atoms with Crippen LogP contribution in [0.25, 0.3) is 0 Å². The molecule has 1 amide bonds. The van der Waals surface area contributed by atoms with E-state index in [0.29, 0.717) is 13.0 Å². The van der Waals surface area contributed by atoms with E-state index < -0.39 is 23.7 Å². The Morgan fingerprint density at radius 1 is 1.28 bits per heavy atom. The Kier molecular flexibility index (Phi) is 3.55. The van der Waals surface area contributed by atoms with Crippen LogP contribution < -0.4 is 10.6 Å². The highest BCUT2D eigenvalue weighted by atomic mass is 19.4. The molecule has 18 heavy (non-hydrogen) atoms. The lowest BCUT2D eigenvalue weighted by Crippen LogP contribution is -2.68. The zero-order valence-corrected chi connectivity index (χ0v) is 10.3. The van der Waals surface area contributed by atoms with Crippen molar-refractivity contribution in [3.8, 4) is 0 Å². The predicted octanol–water partition coefficient (Wildman–Crippen LogP) is 0.696. The quantitative estimate of drug-likeness (QED) is 0.733. The number of alkyl halides is 3. The highest BCUT2D eigenvalue weighted by molar-refractivity contribution is 5.80. The van der Waals surface area contributed by atoms with E-state index in [2.05, 4.69) is 10.6 Å². The van der Waals surface area contributed by atoms with Crippen LogP contribution in [0.3, 0.4) is 0 Å². The van der Waals surface area contributed by atoms with Gasteiger partial charge < -0.3 is 4.90 Å². The Morgan fingerprint density at radius 3 is 2.44 bits per heavy atom. The minimum Gasteiger partial charge on any atom is -0.345 e. The number of likely N-dealkylation sites (tertiary alicyclic amines) is 1. The van der Waals surface area contributed by atoms with Gasteiger partial charge in [0, 0.05) is 26.7 Å². The molecule has 1 unspecified atom stereocenters. The van der Waals surface area contributed by atoms with Crippen LogP contribution in [0.2, 0.25) is 0 Å². The summed E-state index contributed by atoms with van der Waals surface area (Å²) in [5, 5.41) is 4.95. The molecule has 0 aromatic carbocycles. The van der Waals surface area contributed by atoms with Crippen LogP contribution in [0.5, 0.6) is 0 Å². The molecule has 2 aliphatic heterocycles. The molecule has 0 aromatic rings. The first-order valence-electron chi connectivity index (χ1n) is 6.20. The van der Waals surface area contributed by atoms with Gasteiger partial charge in [-0.15, -0.1) is 0 Å². The van der Waals surface area contributed by atoms with Gasteiger partial charge in [0.25, 0.3) is 0 Å². The fourth-order valence-corrected chi connectivity index (χ4v) is 2.83. The van der Waals surface area contributed by atoms with Crippen LogP contribution in [0, 0.1) is 5.92 Å². The molecule has 2 fully saturated rings. The first-order valence-corrected chi connectivity index (χ1v) is 6.20. The predicted molar refractivity (Wildman–Crippen MR) is 59.8 cm³/mol. The summed E-state index contributed by atoms with van der Waals surface area (Å²) in [6.07, 6.45) is -2.81. The summed E-state index contributed by atoms with van der Waals surface area (Å²) in [4.78, 5) is 13.5. The second kappa shape index (κ2) is 4.70. The highest BCUT2D eigenvalue weighted by Crippen LogP contribution is 2.39. The number of hydrogen-bond donors (Lipinski definition) is 2. The Bertz CT molecular complexity index is 326. The topological polar surface area (TPSA) is 44.4 Å². The maximum absolute atomic E-state index is 13.3. The molecule has 0 aromatic heterocycles. The van der Waals surface area contributed by atoms with Gasteiger partial charge >= 0.3 is 6.18 Å². The Morgan fingerprint density at radius 2 is 1.89 bits per heavy atom. The first-order chi connectivity index (χ1) is 8.38. The molecule has 0 saturated carbocycles. The Balaban J connectivity index is 2.33. The maximum atomic E-state index is 13.3. The number of amides is 1. The maximum Gasteiger partial charge on any atom is 0.420 e. The summed E-state index contributed by atoms with van der Waals surface area (Å²) in [7, 11) is 1.57. The van der Waals surface area contributed by atoms with E-state index in [1.165, 1.54) is 4.90 Å². The Hall–Kier alpha value is -0.820. The molecule has 0 spiro atoms. The molecule has 0 bridgehead atoms. The number of nitrogens with one attached hydrogen (secondary N) is 2. The fraction of sp³-hybridized carbons (Fsp3) is 0.909.